The van der Waals surface area contributed by atoms with Gasteiger partial charge in [-0.2, -0.15) is 13.2 Å². The molecule has 34 heavy (non-hydrogen) atoms. The van der Waals surface area contributed by atoms with E-state index >= 15 is 0 Å². The smallest absolute Gasteiger partial charge is 0.416 e. The number of aromatic nitrogens is 1. The van der Waals surface area contributed by atoms with E-state index in [1.807, 2.05) is 6.07 Å². The van der Waals surface area contributed by atoms with Crippen LogP contribution in [0.2, 0.25) is 0 Å². The number of nitrogens with zero attached hydrogens (tertiary/aromatic N) is 1. The molecule has 1 aliphatic heterocycles. The van der Waals surface area contributed by atoms with E-state index in [-0.39, 0.29) is 12.4 Å². The summed E-state index contributed by atoms with van der Waals surface area (Å²) in [5, 5.41) is 21.5. The summed E-state index contributed by atoms with van der Waals surface area (Å²) in [5.74, 6) is 0.683. The Morgan fingerprint density at radius 3 is 2.71 bits per heavy atom. The van der Waals surface area contributed by atoms with Gasteiger partial charge in [-0.25, -0.2) is 4.98 Å². The lowest BCUT2D eigenvalue weighted by atomic mass is 9.94. The highest BCUT2D eigenvalue weighted by molar-refractivity contribution is 6.02. The standard InChI is InChI=1S/C25H23F3N2O4/c26-25(27,28)18-5-1-3-16(11-18)21-9-7-15-8-10-22(30-24(15)29-21)23(33)17-4-2-6-20(12-17)34-14-19(32)13-31/h1-7,9,11-12,19,22,31-32H,8,10,13-14H2,(H,29,30). The monoisotopic (exact) mass is 472 g/mol. The molecular formula is C25H23F3N2O4. The molecule has 0 fully saturated rings. The van der Waals surface area contributed by atoms with Gasteiger partial charge in [-0.1, -0.05) is 30.3 Å². The highest BCUT2D eigenvalue weighted by Gasteiger charge is 2.31. The number of aliphatic hydroxyl groups excluding tert-OH is 2. The predicted molar refractivity (Wildman–Crippen MR) is 120 cm³/mol. The molecule has 0 radical (unpaired) electrons. The maximum atomic E-state index is 13.1. The van der Waals surface area contributed by atoms with Gasteiger partial charge in [-0.05, 0) is 48.7 Å². The van der Waals surface area contributed by atoms with E-state index in [9.17, 15) is 23.1 Å². The fourth-order valence-electron chi connectivity index (χ4n) is 3.75. The summed E-state index contributed by atoms with van der Waals surface area (Å²) in [6, 6.07) is 14.4. The average Bonchev–Trinajstić information content (AvgIpc) is 2.85. The van der Waals surface area contributed by atoms with E-state index in [1.165, 1.54) is 6.07 Å². The molecule has 0 amide bonds. The highest BCUT2D eigenvalue weighted by Crippen LogP contribution is 2.33. The lowest BCUT2D eigenvalue weighted by Crippen LogP contribution is -2.34. The van der Waals surface area contributed by atoms with Crippen molar-refractivity contribution in [1.82, 2.24) is 4.98 Å². The number of anilines is 1. The van der Waals surface area contributed by atoms with Crippen molar-refractivity contribution in [2.24, 2.45) is 0 Å². The normalized spacial score (nSPS) is 16.3. The van der Waals surface area contributed by atoms with Gasteiger partial charge in [0.2, 0.25) is 0 Å². The number of hydrogen-bond acceptors (Lipinski definition) is 6. The number of carbonyl (C=O) groups excluding carboxylic acids is 1. The Bertz CT molecular complexity index is 1180. The SMILES string of the molecule is O=C(c1cccc(OCC(O)CO)c1)C1CCc2ccc(-c3cccc(C(F)(F)F)c3)nc2N1. The third-order valence-electron chi connectivity index (χ3n) is 5.57. The van der Waals surface area contributed by atoms with E-state index in [1.54, 1.807) is 36.4 Å². The van der Waals surface area contributed by atoms with Crippen molar-refractivity contribution in [1.29, 1.82) is 0 Å². The molecule has 2 atom stereocenters. The first-order chi connectivity index (χ1) is 16.2. The van der Waals surface area contributed by atoms with Gasteiger partial charge < -0.3 is 20.3 Å². The van der Waals surface area contributed by atoms with Gasteiger partial charge in [-0.15, -0.1) is 0 Å². The summed E-state index contributed by atoms with van der Waals surface area (Å²) < 4.78 is 44.7. The second kappa shape index (κ2) is 9.82. The van der Waals surface area contributed by atoms with E-state index in [2.05, 4.69) is 10.3 Å². The highest BCUT2D eigenvalue weighted by atomic mass is 19.4. The van der Waals surface area contributed by atoms with Gasteiger partial charge >= 0.3 is 6.18 Å². The van der Waals surface area contributed by atoms with Crippen molar-refractivity contribution in [2.45, 2.75) is 31.2 Å². The van der Waals surface area contributed by atoms with Crippen LogP contribution in [-0.2, 0) is 12.6 Å². The van der Waals surface area contributed by atoms with Crippen LogP contribution < -0.4 is 10.1 Å². The van der Waals surface area contributed by atoms with Crippen LogP contribution in [0, 0.1) is 0 Å². The molecule has 3 N–H and O–H groups in total. The average molecular weight is 472 g/mol. The fourth-order valence-corrected chi connectivity index (χ4v) is 3.75. The number of ether oxygens (including phenoxy) is 1. The number of hydrogen-bond donors (Lipinski definition) is 3. The molecule has 2 aromatic carbocycles. The van der Waals surface area contributed by atoms with Crippen LogP contribution in [-0.4, -0.2) is 46.3 Å². The minimum Gasteiger partial charge on any atom is -0.491 e. The van der Waals surface area contributed by atoms with Gasteiger partial charge in [0.1, 0.15) is 24.3 Å². The zero-order valence-electron chi connectivity index (χ0n) is 18.0. The molecule has 4 rings (SSSR count). The summed E-state index contributed by atoms with van der Waals surface area (Å²) >= 11 is 0. The Balaban J connectivity index is 1.52. The van der Waals surface area contributed by atoms with Crippen molar-refractivity contribution < 1.29 is 32.9 Å². The molecule has 0 aliphatic carbocycles. The molecule has 0 bridgehead atoms. The van der Waals surface area contributed by atoms with Crippen molar-refractivity contribution in [3.05, 3.63) is 77.4 Å². The van der Waals surface area contributed by atoms with Crippen molar-refractivity contribution in [2.75, 3.05) is 18.5 Å². The number of aryl methyl sites for hydroxylation is 1. The second-order valence-corrected chi connectivity index (χ2v) is 8.06. The molecule has 9 heteroatoms. The minimum absolute atomic E-state index is 0.106. The lowest BCUT2D eigenvalue weighted by Gasteiger charge is -2.26. The molecule has 6 nitrogen and oxygen atoms in total. The maximum absolute atomic E-state index is 13.1. The number of pyridine rings is 1. The first-order valence-corrected chi connectivity index (χ1v) is 10.7. The van der Waals surface area contributed by atoms with E-state index in [4.69, 9.17) is 9.84 Å². The minimum atomic E-state index is -4.45. The quantitative estimate of drug-likeness (QED) is 0.449. The fraction of sp³-hybridized carbons (Fsp3) is 0.280. The van der Waals surface area contributed by atoms with Crippen molar-refractivity contribution in [3.8, 4) is 17.0 Å². The van der Waals surface area contributed by atoms with E-state index in [0.29, 0.717) is 41.2 Å². The molecule has 2 unspecified atom stereocenters. The van der Waals surface area contributed by atoms with E-state index in [0.717, 1.165) is 17.7 Å². The third-order valence-corrected chi connectivity index (χ3v) is 5.57. The predicted octanol–water partition coefficient (Wildman–Crippen LogP) is 4.11. The summed E-state index contributed by atoms with van der Waals surface area (Å²) in [7, 11) is 0. The van der Waals surface area contributed by atoms with Crippen LogP contribution in [0.25, 0.3) is 11.3 Å². The molecule has 178 valence electrons. The Hall–Kier alpha value is -3.43. The molecule has 2 heterocycles. The topological polar surface area (TPSA) is 91.7 Å². The van der Waals surface area contributed by atoms with E-state index < -0.39 is 30.5 Å². The van der Waals surface area contributed by atoms with Gasteiger partial charge in [0, 0.05) is 11.1 Å². The Morgan fingerprint density at radius 1 is 1.15 bits per heavy atom. The number of nitrogens with one attached hydrogen (secondary N) is 1. The van der Waals surface area contributed by atoms with Crippen LogP contribution in [0.3, 0.4) is 0 Å². The van der Waals surface area contributed by atoms with Crippen molar-refractivity contribution >= 4 is 11.6 Å². The second-order valence-electron chi connectivity index (χ2n) is 8.06. The number of rotatable bonds is 7. The Labute approximate surface area is 194 Å². The molecule has 1 aromatic heterocycles. The molecule has 3 aromatic rings. The van der Waals surface area contributed by atoms with Crippen LogP contribution in [0.15, 0.2) is 60.7 Å². The summed E-state index contributed by atoms with van der Waals surface area (Å²) in [6.07, 6.45) is -4.35. The number of fused-ring (bicyclic) bond motifs is 1. The van der Waals surface area contributed by atoms with Gasteiger partial charge in [-0.3, -0.25) is 4.79 Å². The third kappa shape index (κ3) is 5.37. The van der Waals surface area contributed by atoms with Crippen molar-refractivity contribution in [3.63, 3.8) is 0 Å². The molecule has 0 spiro atoms. The Kier molecular flexibility index (Phi) is 6.85. The van der Waals surface area contributed by atoms with Gasteiger partial charge in [0.15, 0.2) is 5.78 Å². The largest absolute Gasteiger partial charge is 0.491 e. The van der Waals surface area contributed by atoms with Gasteiger partial charge in [0.25, 0.3) is 0 Å². The van der Waals surface area contributed by atoms with Crippen LogP contribution in [0.1, 0.15) is 27.9 Å². The summed E-state index contributed by atoms with van der Waals surface area (Å²) in [4.78, 5) is 17.6. The number of benzene rings is 2. The molecule has 1 aliphatic rings. The molecule has 0 saturated heterocycles. The zero-order chi connectivity index (χ0) is 24.3. The molecule has 0 saturated carbocycles. The first-order valence-electron chi connectivity index (χ1n) is 10.7. The maximum Gasteiger partial charge on any atom is 0.416 e. The zero-order valence-corrected chi connectivity index (χ0v) is 18.0. The Morgan fingerprint density at radius 2 is 1.94 bits per heavy atom. The number of aliphatic hydroxyl groups is 2. The number of carbonyl (C=O) groups is 1. The number of halogens is 3. The lowest BCUT2D eigenvalue weighted by molar-refractivity contribution is -0.137. The number of ketones is 1. The number of Topliss-reactive ketones (excluding diaryl/α,β-unsaturated/α-hetero) is 1. The van der Waals surface area contributed by atoms with Crippen LogP contribution in [0.4, 0.5) is 19.0 Å². The van der Waals surface area contributed by atoms with Crippen LogP contribution >= 0.6 is 0 Å². The summed E-state index contributed by atoms with van der Waals surface area (Å²) in [5.41, 5.74) is 1.26. The first kappa shape index (κ1) is 23.7. The number of alkyl halides is 3. The summed E-state index contributed by atoms with van der Waals surface area (Å²) in [6.45, 7) is -0.537. The van der Waals surface area contributed by atoms with Gasteiger partial charge in [0.05, 0.1) is 23.9 Å². The molecular weight excluding hydrogens is 449 g/mol. The van der Waals surface area contributed by atoms with Crippen LogP contribution in [0.5, 0.6) is 5.75 Å².